The molecule has 1 saturated heterocycles. The van der Waals surface area contributed by atoms with Crippen LogP contribution in [-0.2, 0) is 35.2 Å². The van der Waals surface area contributed by atoms with Crippen LogP contribution in [0, 0.1) is 50.2 Å². The summed E-state index contributed by atoms with van der Waals surface area (Å²) in [5.74, 6) is -0.0386. The topological polar surface area (TPSA) is 99.2 Å². The molecule has 0 N–H and O–H groups in total. The molecular weight excluding hydrogens is 691 g/mol. The molecule has 0 spiro atoms. The van der Waals surface area contributed by atoms with Gasteiger partial charge in [-0.15, -0.1) is 0 Å². The molecule has 1 aromatic rings. The van der Waals surface area contributed by atoms with E-state index in [1.807, 2.05) is 51.1 Å². The summed E-state index contributed by atoms with van der Waals surface area (Å²) in [6, 6.07) is 9.24. The number of esters is 2. The second kappa shape index (κ2) is 13.5. The number of benzene rings is 1. The van der Waals surface area contributed by atoms with E-state index in [0.717, 1.165) is 56.9 Å². The van der Waals surface area contributed by atoms with Crippen molar-refractivity contribution in [1.82, 2.24) is 4.90 Å². The third kappa shape index (κ3) is 6.48. The molecule has 7 rings (SSSR count). The number of hydrogen-bond acceptors (Lipinski definition) is 7. The van der Waals surface area contributed by atoms with Gasteiger partial charge in [0.05, 0.1) is 5.41 Å². The number of ether oxygens (including phenoxy) is 3. The molecule has 8 nitrogen and oxygen atoms in total. The van der Waals surface area contributed by atoms with Crippen molar-refractivity contribution < 1.29 is 33.4 Å². The molecule has 302 valence electrons. The molecule has 8 heteroatoms. The highest BCUT2D eigenvalue weighted by molar-refractivity contribution is 5.96. The Balaban J connectivity index is 1.12. The van der Waals surface area contributed by atoms with Gasteiger partial charge in [0, 0.05) is 17.9 Å². The fourth-order valence-corrected chi connectivity index (χ4v) is 13.2. The van der Waals surface area contributed by atoms with E-state index in [-0.39, 0.29) is 75.3 Å². The van der Waals surface area contributed by atoms with Gasteiger partial charge in [-0.1, -0.05) is 77.4 Å². The summed E-state index contributed by atoms with van der Waals surface area (Å²) in [6.45, 7) is 22.4. The molecule has 10 atom stereocenters. The number of nitrogens with zero attached hydrogens (tertiary/aromatic N) is 1. The third-order valence-electron chi connectivity index (χ3n) is 16.6. The molecule has 5 fully saturated rings. The smallest absolute Gasteiger partial charge is 0.411 e. The van der Waals surface area contributed by atoms with E-state index in [1.54, 1.807) is 4.90 Å². The van der Waals surface area contributed by atoms with Crippen LogP contribution in [0.5, 0.6) is 0 Å². The minimum Gasteiger partial charge on any atom is -0.460 e. The van der Waals surface area contributed by atoms with Gasteiger partial charge in [-0.05, 0) is 143 Å². The summed E-state index contributed by atoms with van der Waals surface area (Å²) >= 11 is 0. The first kappa shape index (κ1) is 40.1. The standard InChI is InChI=1S/C47H67NO7/c1-41(2,3)55-40(52)48-26-14-17-33(48)38(50)54-36-19-20-45(8)35(42(36,4)5)18-21-47(10)37(45)34(49)27-31-32-28-44(7,23-22-43(32,6)24-25-46(31,47)9)39(51)53-29-30-15-12-11-13-16-30/h11-13,15-16,27,32-33,35-37H,14,17-26,28-29H2,1-10H3/t32-,33-,35-,36-,37+,43+,44-,45-,46+,47+/m0/s1. The number of rotatable bonds is 5. The second-order valence-electron chi connectivity index (χ2n) is 21.4. The maximum Gasteiger partial charge on any atom is 0.411 e. The fourth-order valence-electron chi connectivity index (χ4n) is 13.2. The second-order valence-corrected chi connectivity index (χ2v) is 21.4. The monoisotopic (exact) mass is 757 g/mol. The quantitative estimate of drug-likeness (QED) is 0.218. The van der Waals surface area contributed by atoms with E-state index < -0.39 is 23.2 Å². The van der Waals surface area contributed by atoms with Gasteiger partial charge in [0.2, 0.25) is 0 Å². The molecule has 6 aliphatic rings. The first-order chi connectivity index (χ1) is 25.6. The highest BCUT2D eigenvalue weighted by atomic mass is 16.6. The van der Waals surface area contributed by atoms with Crippen LogP contribution >= 0.6 is 0 Å². The lowest BCUT2D eigenvalue weighted by Gasteiger charge is -2.70. The lowest BCUT2D eigenvalue weighted by molar-refractivity contribution is -0.212. The first-order valence-corrected chi connectivity index (χ1v) is 21.3. The van der Waals surface area contributed by atoms with Crippen molar-refractivity contribution in [3.8, 4) is 0 Å². The molecule has 0 aromatic heterocycles. The Morgan fingerprint density at radius 3 is 2.24 bits per heavy atom. The number of fused-ring (bicyclic) bond motifs is 7. The van der Waals surface area contributed by atoms with Gasteiger partial charge in [-0.2, -0.15) is 0 Å². The Bertz CT molecular complexity index is 1740. The SMILES string of the molecule is CC(C)(C)OC(=O)N1CCC[C@H]1C(=O)O[C@H]1CC[C@]2(C)[C@H]3C(=O)C=C4[C@@H]5C[C@@](C)(C(=O)OCc6ccccc6)CC[C@]5(C)CC[C@@]4(C)[C@]3(C)CC[C@H]2C1(C)C. The normalized spacial score (nSPS) is 40.8. The highest BCUT2D eigenvalue weighted by Crippen LogP contribution is 2.75. The Morgan fingerprint density at radius 1 is 0.855 bits per heavy atom. The van der Waals surface area contributed by atoms with Crippen LogP contribution in [0.4, 0.5) is 4.79 Å². The molecule has 1 aromatic carbocycles. The number of likely N-dealkylation sites (tertiary alicyclic amines) is 1. The minimum absolute atomic E-state index is 0.0391. The van der Waals surface area contributed by atoms with Crippen LogP contribution < -0.4 is 0 Å². The zero-order valence-corrected chi connectivity index (χ0v) is 35.3. The highest BCUT2D eigenvalue weighted by Gasteiger charge is 2.70. The predicted molar refractivity (Wildman–Crippen MR) is 212 cm³/mol. The first-order valence-electron chi connectivity index (χ1n) is 21.3. The van der Waals surface area contributed by atoms with Crippen LogP contribution in [0.2, 0.25) is 0 Å². The van der Waals surface area contributed by atoms with Crippen LogP contribution in [0.1, 0.15) is 145 Å². The number of ketones is 1. The molecule has 0 bridgehead atoms. The van der Waals surface area contributed by atoms with Crippen LogP contribution in [0.25, 0.3) is 0 Å². The van der Waals surface area contributed by atoms with Gasteiger partial charge in [-0.3, -0.25) is 14.5 Å². The molecule has 4 saturated carbocycles. The van der Waals surface area contributed by atoms with Crippen molar-refractivity contribution in [2.45, 2.75) is 164 Å². The summed E-state index contributed by atoms with van der Waals surface area (Å²) in [7, 11) is 0. The van der Waals surface area contributed by atoms with E-state index in [4.69, 9.17) is 14.2 Å². The van der Waals surface area contributed by atoms with Gasteiger partial charge in [-0.25, -0.2) is 9.59 Å². The number of allylic oxidation sites excluding steroid dienone is 2. The lowest BCUT2D eigenvalue weighted by Crippen LogP contribution is -2.67. The van der Waals surface area contributed by atoms with Crippen LogP contribution in [-0.4, -0.2) is 53.0 Å². The minimum atomic E-state index is -0.645. The van der Waals surface area contributed by atoms with Crippen molar-refractivity contribution in [2.75, 3.05) is 6.54 Å². The number of carbonyl (C=O) groups is 4. The van der Waals surface area contributed by atoms with E-state index in [1.165, 1.54) is 5.57 Å². The number of carbonyl (C=O) groups excluding carboxylic acids is 4. The average Bonchev–Trinajstić information content (AvgIpc) is 3.61. The zero-order valence-electron chi connectivity index (χ0n) is 35.3. The van der Waals surface area contributed by atoms with Crippen molar-refractivity contribution in [3.63, 3.8) is 0 Å². The summed E-state index contributed by atoms with van der Waals surface area (Å²) in [4.78, 5) is 57.2. The van der Waals surface area contributed by atoms with E-state index >= 15 is 0 Å². The predicted octanol–water partition coefficient (Wildman–Crippen LogP) is 10.0. The van der Waals surface area contributed by atoms with Crippen molar-refractivity contribution in [2.24, 2.45) is 50.2 Å². The fraction of sp³-hybridized carbons (Fsp3) is 0.745. The Labute approximate surface area is 329 Å². The van der Waals surface area contributed by atoms with E-state index in [9.17, 15) is 19.2 Å². The Morgan fingerprint density at radius 2 is 1.55 bits per heavy atom. The summed E-state index contributed by atoms with van der Waals surface area (Å²) in [6.07, 6.45) is 10.6. The molecule has 0 radical (unpaired) electrons. The Hall–Kier alpha value is -3.16. The maximum atomic E-state index is 15.0. The van der Waals surface area contributed by atoms with Gasteiger partial charge in [0.25, 0.3) is 0 Å². The van der Waals surface area contributed by atoms with Gasteiger partial charge in [0.15, 0.2) is 5.78 Å². The molecule has 5 aliphatic carbocycles. The molecule has 55 heavy (non-hydrogen) atoms. The van der Waals surface area contributed by atoms with Crippen LogP contribution in [0.15, 0.2) is 42.0 Å². The molecule has 0 unspecified atom stereocenters. The molecular formula is C47H67NO7. The summed E-state index contributed by atoms with van der Waals surface area (Å²) in [5.41, 5.74) is 0.0266. The Kier molecular flexibility index (Phi) is 9.81. The van der Waals surface area contributed by atoms with Crippen molar-refractivity contribution >= 4 is 23.8 Å². The largest absolute Gasteiger partial charge is 0.460 e. The third-order valence-corrected chi connectivity index (χ3v) is 16.6. The molecule has 1 heterocycles. The van der Waals surface area contributed by atoms with Gasteiger partial charge in [0.1, 0.15) is 24.4 Å². The van der Waals surface area contributed by atoms with Crippen molar-refractivity contribution in [3.05, 3.63) is 47.5 Å². The summed E-state index contributed by atoms with van der Waals surface area (Å²) in [5, 5.41) is 0. The van der Waals surface area contributed by atoms with Gasteiger partial charge >= 0.3 is 18.0 Å². The average molecular weight is 758 g/mol. The summed E-state index contributed by atoms with van der Waals surface area (Å²) < 4.78 is 18.0. The van der Waals surface area contributed by atoms with Crippen molar-refractivity contribution in [1.29, 1.82) is 0 Å². The van der Waals surface area contributed by atoms with Crippen LogP contribution in [0.3, 0.4) is 0 Å². The van der Waals surface area contributed by atoms with Gasteiger partial charge < -0.3 is 14.2 Å². The van der Waals surface area contributed by atoms with E-state index in [0.29, 0.717) is 25.8 Å². The molecule has 1 amide bonds. The zero-order chi connectivity index (χ0) is 40.0. The maximum absolute atomic E-state index is 15.0. The van der Waals surface area contributed by atoms with E-state index in [2.05, 4.69) is 54.5 Å². The number of hydrogen-bond donors (Lipinski definition) is 0. The molecule has 1 aliphatic heterocycles. The number of amides is 1. The lowest BCUT2D eigenvalue weighted by atomic mass is 9.33.